The number of carbonyl (C=O) groups is 1. The van der Waals surface area contributed by atoms with Crippen molar-refractivity contribution in [3.63, 3.8) is 0 Å². The number of hydrogen-bond acceptors (Lipinski definition) is 2. The van der Waals surface area contributed by atoms with Crippen LogP contribution < -0.4 is 0 Å². The van der Waals surface area contributed by atoms with E-state index in [-0.39, 0.29) is 24.1 Å². The molecule has 1 saturated carbocycles. The van der Waals surface area contributed by atoms with Crippen LogP contribution in [-0.2, 0) is 6.54 Å². The number of likely N-dealkylation sites (N-methyl/N-ethyl adjacent to an activating group) is 1. The topological polar surface area (TPSA) is 28.5 Å². The Morgan fingerprint density at radius 3 is 2.50 bits per heavy atom. The number of hydrogen-bond donors (Lipinski definition) is 0. The van der Waals surface area contributed by atoms with E-state index >= 15 is 0 Å². The molecule has 2 aromatic rings. The summed E-state index contributed by atoms with van der Waals surface area (Å²) < 4.78 is 16.7. The highest BCUT2D eigenvalue weighted by Crippen LogP contribution is 2.30. The zero-order chi connectivity index (χ0) is 18.8. The average Bonchev–Trinajstić information content (AvgIpc) is 3.08. The molecule has 1 aromatic carbocycles. The summed E-state index contributed by atoms with van der Waals surface area (Å²) in [5, 5.41) is 0.758. The van der Waals surface area contributed by atoms with Crippen molar-refractivity contribution in [2.24, 2.45) is 5.92 Å². The van der Waals surface area contributed by atoms with E-state index < -0.39 is 0 Å². The quantitative estimate of drug-likeness (QED) is 0.743. The van der Waals surface area contributed by atoms with Crippen LogP contribution in [-0.4, -0.2) is 53.0 Å². The van der Waals surface area contributed by atoms with Crippen molar-refractivity contribution in [1.82, 2.24) is 14.4 Å². The first-order chi connectivity index (χ1) is 13.2. The van der Waals surface area contributed by atoms with Crippen molar-refractivity contribution in [2.75, 3.05) is 32.7 Å². The molecular formula is C22H31ClFN3O. The standard InChI is InChI=1S/C22H30FN3O.ClH/c1-2-24-11-13-25(14-12-24)22(27)19-16-26(15-17-7-4-3-5-8-17)21-18(19)9-6-10-20(21)23;/h6,9-10,16-17H,2-5,7-8,11-15H2,1H3;1H. The van der Waals surface area contributed by atoms with Crippen LogP contribution in [0.2, 0.25) is 0 Å². The maximum Gasteiger partial charge on any atom is 0.256 e. The number of amides is 1. The lowest BCUT2D eigenvalue weighted by Gasteiger charge is -2.34. The summed E-state index contributed by atoms with van der Waals surface area (Å²) in [7, 11) is 0. The highest BCUT2D eigenvalue weighted by atomic mass is 35.5. The van der Waals surface area contributed by atoms with Gasteiger partial charge in [0.05, 0.1) is 11.1 Å². The third-order valence-corrected chi connectivity index (χ3v) is 6.37. The van der Waals surface area contributed by atoms with Crippen LogP contribution in [0.1, 0.15) is 49.4 Å². The molecule has 154 valence electrons. The van der Waals surface area contributed by atoms with Crippen LogP contribution in [0, 0.1) is 11.7 Å². The fraction of sp³-hybridized carbons (Fsp3) is 0.591. The van der Waals surface area contributed by atoms with E-state index in [1.54, 1.807) is 6.07 Å². The van der Waals surface area contributed by atoms with E-state index in [1.165, 1.54) is 38.2 Å². The molecule has 0 spiro atoms. The zero-order valence-corrected chi connectivity index (χ0v) is 17.5. The first-order valence-corrected chi connectivity index (χ1v) is 10.5. The lowest BCUT2D eigenvalue weighted by molar-refractivity contribution is 0.0645. The summed E-state index contributed by atoms with van der Waals surface area (Å²) in [6.07, 6.45) is 8.16. The maximum absolute atomic E-state index is 14.7. The van der Waals surface area contributed by atoms with Crippen molar-refractivity contribution in [3.8, 4) is 0 Å². The monoisotopic (exact) mass is 407 g/mol. The molecule has 6 heteroatoms. The number of piperazine rings is 1. The smallest absolute Gasteiger partial charge is 0.256 e. The number of para-hydroxylation sites is 1. The number of halogens is 2. The molecule has 2 aliphatic rings. The predicted molar refractivity (Wildman–Crippen MR) is 114 cm³/mol. The van der Waals surface area contributed by atoms with Crippen LogP contribution >= 0.6 is 12.4 Å². The van der Waals surface area contributed by atoms with E-state index in [0.29, 0.717) is 17.0 Å². The second-order valence-corrected chi connectivity index (χ2v) is 8.06. The van der Waals surface area contributed by atoms with E-state index in [4.69, 9.17) is 0 Å². The fourth-order valence-electron chi connectivity index (χ4n) is 4.71. The van der Waals surface area contributed by atoms with Gasteiger partial charge in [-0.2, -0.15) is 0 Å². The molecule has 0 unspecified atom stereocenters. The number of benzene rings is 1. The largest absolute Gasteiger partial charge is 0.344 e. The summed E-state index contributed by atoms with van der Waals surface area (Å²) in [6, 6.07) is 5.12. The van der Waals surface area contributed by atoms with Crippen molar-refractivity contribution in [3.05, 3.63) is 35.8 Å². The van der Waals surface area contributed by atoms with Gasteiger partial charge >= 0.3 is 0 Å². The van der Waals surface area contributed by atoms with Crippen molar-refractivity contribution < 1.29 is 9.18 Å². The van der Waals surface area contributed by atoms with Gasteiger partial charge < -0.3 is 14.4 Å². The van der Waals surface area contributed by atoms with Crippen molar-refractivity contribution in [1.29, 1.82) is 0 Å². The Kier molecular flexibility index (Phi) is 7.00. The van der Waals surface area contributed by atoms with Gasteiger partial charge in [0.25, 0.3) is 5.91 Å². The van der Waals surface area contributed by atoms with Gasteiger partial charge in [0.1, 0.15) is 5.82 Å². The predicted octanol–water partition coefficient (Wildman–Crippen LogP) is 4.56. The number of rotatable bonds is 4. The Morgan fingerprint density at radius 1 is 1.11 bits per heavy atom. The van der Waals surface area contributed by atoms with E-state index in [1.807, 2.05) is 21.7 Å². The molecule has 1 amide bonds. The molecule has 0 radical (unpaired) electrons. The minimum absolute atomic E-state index is 0. The summed E-state index contributed by atoms with van der Waals surface area (Å²) in [5.74, 6) is 0.409. The first kappa shape index (κ1) is 21.1. The summed E-state index contributed by atoms with van der Waals surface area (Å²) in [6.45, 7) is 7.31. The molecule has 2 fully saturated rings. The fourth-order valence-corrected chi connectivity index (χ4v) is 4.71. The molecule has 0 atom stereocenters. The lowest BCUT2D eigenvalue weighted by atomic mass is 9.89. The van der Waals surface area contributed by atoms with Gasteiger partial charge in [0.2, 0.25) is 0 Å². The van der Waals surface area contributed by atoms with Crippen LogP contribution in [0.15, 0.2) is 24.4 Å². The molecule has 1 aromatic heterocycles. The minimum Gasteiger partial charge on any atom is -0.344 e. The molecule has 1 aliphatic carbocycles. The van der Waals surface area contributed by atoms with E-state index in [0.717, 1.165) is 44.7 Å². The lowest BCUT2D eigenvalue weighted by Crippen LogP contribution is -2.48. The number of carbonyl (C=O) groups excluding carboxylic acids is 1. The maximum atomic E-state index is 14.7. The number of fused-ring (bicyclic) bond motifs is 1. The molecule has 0 bridgehead atoms. The summed E-state index contributed by atoms with van der Waals surface area (Å²) in [5.41, 5.74) is 1.25. The minimum atomic E-state index is -0.224. The van der Waals surface area contributed by atoms with Gasteiger partial charge in [0.15, 0.2) is 0 Å². The molecule has 4 rings (SSSR count). The van der Waals surface area contributed by atoms with Crippen molar-refractivity contribution >= 4 is 29.2 Å². The van der Waals surface area contributed by atoms with E-state index in [9.17, 15) is 9.18 Å². The highest BCUT2D eigenvalue weighted by Gasteiger charge is 2.26. The SMILES string of the molecule is CCN1CCN(C(=O)c2cn(CC3CCCCC3)c3c(F)cccc23)CC1.Cl. The average molecular weight is 408 g/mol. The zero-order valence-electron chi connectivity index (χ0n) is 16.7. The summed E-state index contributed by atoms with van der Waals surface area (Å²) in [4.78, 5) is 17.5. The Morgan fingerprint density at radius 2 is 1.82 bits per heavy atom. The van der Waals surface area contributed by atoms with Gasteiger partial charge in [-0.05, 0) is 31.4 Å². The first-order valence-electron chi connectivity index (χ1n) is 10.5. The number of aromatic nitrogens is 1. The summed E-state index contributed by atoms with van der Waals surface area (Å²) >= 11 is 0. The third kappa shape index (κ3) is 4.20. The van der Waals surface area contributed by atoms with E-state index in [2.05, 4.69) is 11.8 Å². The Labute approximate surface area is 173 Å². The molecule has 2 heterocycles. The molecule has 0 N–H and O–H groups in total. The second kappa shape index (κ2) is 9.27. The van der Waals surface area contributed by atoms with Crippen molar-refractivity contribution in [2.45, 2.75) is 45.6 Å². The molecular weight excluding hydrogens is 377 g/mol. The molecule has 1 aliphatic heterocycles. The van der Waals surface area contributed by atoms with Gasteiger partial charge in [-0.1, -0.05) is 38.3 Å². The van der Waals surface area contributed by atoms with Crippen LogP contribution in [0.5, 0.6) is 0 Å². The van der Waals surface area contributed by atoms with Gasteiger partial charge in [-0.3, -0.25) is 4.79 Å². The molecule has 1 saturated heterocycles. The van der Waals surface area contributed by atoms with Crippen LogP contribution in [0.3, 0.4) is 0 Å². The Balaban J connectivity index is 0.00000225. The van der Waals surface area contributed by atoms with Gasteiger partial charge in [-0.15, -0.1) is 12.4 Å². The van der Waals surface area contributed by atoms with Gasteiger partial charge in [0, 0.05) is 44.3 Å². The normalized spacial score (nSPS) is 19.0. The molecule has 28 heavy (non-hydrogen) atoms. The van der Waals surface area contributed by atoms with Gasteiger partial charge in [-0.25, -0.2) is 4.39 Å². The third-order valence-electron chi connectivity index (χ3n) is 6.37. The highest BCUT2D eigenvalue weighted by molar-refractivity contribution is 6.07. The molecule has 4 nitrogen and oxygen atoms in total. The Bertz CT molecular complexity index is 807. The van der Waals surface area contributed by atoms with Crippen LogP contribution in [0.25, 0.3) is 10.9 Å². The Hall–Kier alpha value is -1.59. The number of nitrogens with zero attached hydrogens (tertiary/aromatic N) is 3. The van der Waals surface area contributed by atoms with Crippen LogP contribution in [0.4, 0.5) is 4.39 Å². The second-order valence-electron chi connectivity index (χ2n) is 8.06.